The number of benzene rings is 1. The van der Waals surface area contributed by atoms with E-state index in [1.807, 2.05) is 31.2 Å². The van der Waals surface area contributed by atoms with Crippen LogP contribution in [0.4, 0.5) is 10.6 Å². The molecule has 162 valence electrons. The molecule has 0 aliphatic heterocycles. The van der Waals surface area contributed by atoms with Crippen LogP contribution in [-0.2, 0) is 11.4 Å². The number of carbonyl (C=O) groups is 1. The number of H-pyrrole nitrogens is 1. The molecule has 3 aromatic rings. The molecule has 0 aliphatic carbocycles. The summed E-state index contributed by atoms with van der Waals surface area (Å²) in [6.45, 7) is 4.44. The van der Waals surface area contributed by atoms with Crippen LogP contribution in [0.15, 0.2) is 47.6 Å². The van der Waals surface area contributed by atoms with Crippen molar-refractivity contribution in [2.45, 2.75) is 39.7 Å². The molecule has 10 nitrogen and oxygen atoms in total. The lowest BCUT2D eigenvalue weighted by molar-refractivity contribution is 0.128. The van der Waals surface area contributed by atoms with Crippen LogP contribution in [0.1, 0.15) is 44.4 Å². The number of aromatic amines is 1. The summed E-state index contributed by atoms with van der Waals surface area (Å²) in [7, 11) is 0. The Morgan fingerprint density at radius 2 is 2.06 bits per heavy atom. The molecule has 2 aromatic heterocycles. The number of rotatable bonds is 10. The van der Waals surface area contributed by atoms with Gasteiger partial charge in [0.1, 0.15) is 5.82 Å². The molecule has 2 N–H and O–H groups in total. The summed E-state index contributed by atoms with van der Waals surface area (Å²) in [5.74, 6) is 0.886. The van der Waals surface area contributed by atoms with Gasteiger partial charge in [0.05, 0.1) is 11.4 Å². The van der Waals surface area contributed by atoms with Crippen LogP contribution in [0.3, 0.4) is 0 Å². The fourth-order valence-corrected chi connectivity index (χ4v) is 2.94. The zero-order valence-electron chi connectivity index (χ0n) is 17.5. The van der Waals surface area contributed by atoms with Crippen molar-refractivity contribution in [1.29, 1.82) is 0 Å². The first-order valence-electron chi connectivity index (χ1n) is 10.1. The number of nitrogens with zero attached hydrogens (tertiary/aromatic N) is 6. The topological polar surface area (TPSA) is 129 Å². The number of hydrogen-bond donors (Lipinski definition) is 2. The van der Waals surface area contributed by atoms with Crippen LogP contribution in [0.5, 0.6) is 0 Å². The number of amides is 1. The Balaban J connectivity index is 1.65. The number of aromatic nitrogens is 5. The van der Waals surface area contributed by atoms with Crippen LogP contribution in [-0.4, -0.2) is 49.1 Å². The summed E-state index contributed by atoms with van der Waals surface area (Å²) in [6, 6.07) is 12.8. The first-order valence-corrected chi connectivity index (χ1v) is 10.1. The molecule has 31 heavy (non-hydrogen) atoms. The van der Waals surface area contributed by atoms with Crippen molar-refractivity contribution in [2.24, 2.45) is 5.16 Å². The van der Waals surface area contributed by atoms with Gasteiger partial charge in [0.15, 0.2) is 6.61 Å². The summed E-state index contributed by atoms with van der Waals surface area (Å²) in [4.78, 5) is 22.7. The highest BCUT2D eigenvalue weighted by Gasteiger charge is 2.15. The average Bonchev–Trinajstić information content (AvgIpc) is 3.32. The minimum Gasteiger partial charge on any atom is -0.465 e. The molecule has 0 radical (unpaired) electrons. The SMILES string of the molecule is CCCCCN(C(=O)O)c1cccc(CON=C(C)c2cccc(-c3nn[nH]n3)c2)n1. The molecule has 0 bridgehead atoms. The van der Waals surface area contributed by atoms with Crippen LogP contribution in [0.25, 0.3) is 11.4 Å². The largest absolute Gasteiger partial charge is 0.465 e. The standard InChI is InChI=1S/C21H25N7O3/c1-3-4-5-12-28(21(29)30)19-11-7-10-18(22-19)14-31-25-15(2)16-8-6-9-17(13-16)20-23-26-27-24-20/h6-11,13H,3-5,12,14H2,1-2H3,(H,29,30)(H,23,24,26,27). The molecule has 0 saturated heterocycles. The number of pyridine rings is 1. The van der Waals surface area contributed by atoms with Crippen molar-refractivity contribution in [1.82, 2.24) is 25.6 Å². The first-order chi connectivity index (χ1) is 15.1. The fourth-order valence-electron chi connectivity index (χ4n) is 2.94. The van der Waals surface area contributed by atoms with Crippen LogP contribution < -0.4 is 4.90 Å². The smallest absolute Gasteiger partial charge is 0.413 e. The highest BCUT2D eigenvalue weighted by atomic mass is 16.6. The highest BCUT2D eigenvalue weighted by Crippen LogP contribution is 2.17. The summed E-state index contributed by atoms with van der Waals surface area (Å²) < 4.78 is 0. The van der Waals surface area contributed by atoms with Gasteiger partial charge >= 0.3 is 6.09 Å². The van der Waals surface area contributed by atoms with Gasteiger partial charge in [-0.25, -0.2) is 9.78 Å². The van der Waals surface area contributed by atoms with Gasteiger partial charge in [-0.1, -0.05) is 49.2 Å². The zero-order chi connectivity index (χ0) is 22.1. The number of unbranched alkanes of at least 4 members (excludes halogenated alkanes) is 2. The third kappa shape index (κ3) is 6.08. The second-order valence-electron chi connectivity index (χ2n) is 6.89. The zero-order valence-corrected chi connectivity index (χ0v) is 17.5. The molecule has 0 saturated carbocycles. The number of nitrogens with one attached hydrogen (secondary N) is 1. The van der Waals surface area contributed by atoms with Gasteiger partial charge in [0.25, 0.3) is 0 Å². The summed E-state index contributed by atoms with van der Waals surface area (Å²) in [6.07, 6.45) is 1.76. The lowest BCUT2D eigenvalue weighted by atomic mass is 10.1. The van der Waals surface area contributed by atoms with Gasteiger partial charge in [-0.2, -0.15) is 5.21 Å². The third-order valence-corrected chi connectivity index (χ3v) is 4.58. The predicted molar refractivity (Wildman–Crippen MR) is 116 cm³/mol. The van der Waals surface area contributed by atoms with Crippen molar-refractivity contribution in [3.63, 3.8) is 0 Å². The average molecular weight is 423 g/mol. The van der Waals surface area contributed by atoms with Crippen molar-refractivity contribution in [3.05, 3.63) is 53.7 Å². The second-order valence-corrected chi connectivity index (χ2v) is 6.89. The van der Waals surface area contributed by atoms with Crippen LogP contribution in [0, 0.1) is 0 Å². The Bertz CT molecular complexity index is 1020. The van der Waals surface area contributed by atoms with Gasteiger partial charge < -0.3 is 9.94 Å². The number of carboxylic acid groups (broad SMARTS) is 1. The minimum atomic E-state index is -1.02. The first kappa shape index (κ1) is 21.9. The van der Waals surface area contributed by atoms with E-state index in [1.165, 1.54) is 4.90 Å². The van der Waals surface area contributed by atoms with Crippen molar-refractivity contribution in [3.8, 4) is 11.4 Å². The molecular formula is C21H25N7O3. The Hall–Kier alpha value is -3.82. The van der Waals surface area contributed by atoms with Crippen LogP contribution in [0.2, 0.25) is 0 Å². The fraction of sp³-hybridized carbons (Fsp3) is 0.333. The normalized spacial score (nSPS) is 11.4. The van der Waals surface area contributed by atoms with E-state index in [0.29, 0.717) is 29.6 Å². The Labute approximate surface area is 180 Å². The lowest BCUT2D eigenvalue weighted by Gasteiger charge is -2.18. The van der Waals surface area contributed by atoms with Gasteiger partial charge in [-0.15, -0.1) is 10.2 Å². The maximum Gasteiger partial charge on any atom is 0.413 e. The van der Waals surface area contributed by atoms with E-state index in [4.69, 9.17) is 4.84 Å². The van der Waals surface area contributed by atoms with Gasteiger partial charge in [-0.05, 0) is 42.3 Å². The molecular weight excluding hydrogens is 398 g/mol. The summed E-state index contributed by atoms with van der Waals surface area (Å²) in [5, 5.41) is 27.6. The third-order valence-electron chi connectivity index (χ3n) is 4.58. The van der Waals surface area contributed by atoms with E-state index in [-0.39, 0.29) is 6.61 Å². The van der Waals surface area contributed by atoms with E-state index < -0.39 is 6.09 Å². The van der Waals surface area contributed by atoms with Crippen molar-refractivity contribution >= 4 is 17.6 Å². The lowest BCUT2D eigenvalue weighted by Crippen LogP contribution is -2.31. The van der Waals surface area contributed by atoms with E-state index in [2.05, 4.69) is 37.7 Å². The van der Waals surface area contributed by atoms with Crippen molar-refractivity contribution < 1.29 is 14.7 Å². The minimum absolute atomic E-state index is 0.123. The molecule has 0 fully saturated rings. The quantitative estimate of drug-likeness (QED) is 0.287. The summed E-state index contributed by atoms with van der Waals surface area (Å²) >= 11 is 0. The Morgan fingerprint density at radius 1 is 1.23 bits per heavy atom. The predicted octanol–water partition coefficient (Wildman–Crippen LogP) is 3.88. The molecule has 1 amide bonds. The monoisotopic (exact) mass is 423 g/mol. The number of tetrazole rings is 1. The molecule has 0 spiro atoms. The molecule has 0 aliphatic rings. The summed E-state index contributed by atoms with van der Waals surface area (Å²) in [5.41, 5.74) is 2.94. The van der Waals surface area contributed by atoms with Gasteiger partial charge in [0, 0.05) is 12.1 Å². The van der Waals surface area contributed by atoms with E-state index in [0.717, 1.165) is 30.4 Å². The number of anilines is 1. The molecule has 0 unspecified atom stereocenters. The van der Waals surface area contributed by atoms with E-state index in [1.54, 1.807) is 18.2 Å². The number of hydrogen-bond acceptors (Lipinski definition) is 7. The van der Waals surface area contributed by atoms with Gasteiger partial charge in [0.2, 0.25) is 5.82 Å². The Morgan fingerprint density at radius 3 is 2.81 bits per heavy atom. The number of oxime groups is 1. The molecule has 3 rings (SSSR count). The van der Waals surface area contributed by atoms with Crippen LogP contribution >= 0.6 is 0 Å². The van der Waals surface area contributed by atoms with E-state index in [9.17, 15) is 9.90 Å². The Kier molecular flexibility index (Phi) is 7.63. The highest BCUT2D eigenvalue weighted by molar-refractivity contribution is 5.99. The maximum atomic E-state index is 11.6. The molecule has 2 heterocycles. The molecule has 0 atom stereocenters. The van der Waals surface area contributed by atoms with Gasteiger partial charge in [-0.3, -0.25) is 4.90 Å². The second kappa shape index (κ2) is 10.8. The molecule has 1 aromatic carbocycles. The van der Waals surface area contributed by atoms with Crippen molar-refractivity contribution in [2.75, 3.05) is 11.4 Å². The molecule has 10 heteroatoms. The maximum absolute atomic E-state index is 11.6. The van der Waals surface area contributed by atoms with E-state index >= 15 is 0 Å².